The molecule has 1 rings (SSSR count). The number of aryl methyl sites for hydroxylation is 1. The van der Waals surface area contributed by atoms with Crippen molar-refractivity contribution in [1.29, 1.82) is 5.26 Å². The highest BCUT2D eigenvalue weighted by Gasteiger charge is 2.05. The maximum Gasteiger partial charge on any atom is 0.171 e. The minimum absolute atomic E-state index is 0.102. The minimum Gasteiger partial charge on any atom is -0.514 e. The van der Waals surface area contributed by atoms with Gasteiger partial charge in [-0.3, -0.25) is 0 Å². The zero-order valence-corrected chi connectivity index (χ0v) is 5.89. The third-order valence-corrected chi connectivity index (χ3v) is 1.20. The van der Waals surface area contributed by atoms with Crippen LogP contribution in [-0.4, -0.2) is 19.9 Å². The Balaban J connectivity index is 3.13. The van der Waals surface area contributed by atoms with Crippen molar-refractivity contribution >= 4 is 5.57 Å². The summed E-state index contributed by atoms with van der Waals surface area (Å²) in [7, 11) is 1.64. The number of aromatic nitrogens is 3. The number of aliphatic hydroxyl groups excluding tert-OH is 1. The zero-order chi connectivity index (χ0) is 8.27. The largest absolute Gasteiger partial charge is 0.514 e. The van der Waals surface area contributed by atoms with Crippen LogP contribution in [0.1, 0.15) is 5.82 Å². The Bertz CT molecular complexity index is 320. The molecular formula is C6H6N4O. The van der Waals surface area contributed by atoms with Crippen LogP contribution in [0, 0.1) is 11.3 Å². The number of hydrogen-bond donors (Lipinski definition) is 1. The molecule has 56 valence electrons. The summed E-state index contributed by atoms with van der Waals surface area (Å²) in [6.45, 7) is 0. The Hall–Kier alpha value is -1.83. The summed E-state index contributed by atoms with van der Waals surface area (Å²) >= 11 is 0. The molecule has 0 aliphatic heterocycles. The van der Waals surface area contributed by atoms with Crippen molar-refractivity contribution in [3.8, 4) is 6.07 Å². The molecule has 0 bridgehead atoms. The molecule has 0 aliphatic rings. The van der Waals surface area contributed by atoms with Gasteiger partial charge in [-0.25, -0.2) is 9.67 Å². The fourth-order valence-electron chi connectivity index (χ4n) is 0.677. The summed E-state index contributed by atoms with van der Waals surface area (Å²) in [5.41, 5.74) is 0.102. The third kappa shape index (κ3) is 1.19. The van der Waals surface area contributed by atoms with Gasteiger partial charge < -0.3 is 5.11 Å². The predicted octanol–water partition coefficient (Wildman–Crippen LogP) is 0.238. The lowest BCUT2D eigenvalue weighted by atomic mass is 10.3. The van der Waals surface area contributed by atoms with Crippen LogP contribution in [0.4, 0.5) is 0 Å². The molecule has 5 heteroatoms. The van der Waals surface area contributed by atoms with Crippen LogP contribution in [0.3, 0.4) is 0 Å². The molecule has 1 heterocycles. The number of rotatable bonds is 1. The molecule has 1 aromatic heterocycles. The molecule has 0 amide bonds. The second-order valence-electron chi connectivity index (χ2n) is 1.86. The molecule has 0 atom stereocenters. The lowest BCUT2D eigenvalue weighted by Gasteiger charge is -1.93. The van der Waals surface area contributed by atoms with Crippen molar-refractivity contribution in [2.75, 3.05) is 0 Å². The zero-order valence-electron chi connectivity index (χ0n) is 5.89. The molecule has 1 N–H and O–H groups in total. The highest BCUT2D eigenvalue weighted by molar-refractivity contribution is 5.71. The van der Waals surface area contributed by atoms with E-state index in [1.165, 1.54) is 11.0 Å². The molecule has 11 heavy (non-hydrogen) atoms. The molecule has 5 nitrogen and oxygen atoms in total. The number of allylic oxidation sites excluding steroid dienone is 1. The molecular weight excluding hydrogens is 144 g/mol. The molecule has 0 saturated carbocycles. The Labute approximate surface area is 63.2 Å². The van der Waals surface area contributed by atoms with Crippen LogP contribution >= 0.6 is 0 Å². The third-order valence-electron chi connectivity index (χ3n) is 1.20. The fourth-order valence-corrected chi connectivity index (χ4v) is 0.677. The van der Waals surface area contributed by atoms with Gasteiger partial charge in [-0.2, -0.15) is 10.4 Å². The van der Waals surface area contributed by atoms with Crippen LogP contribution in [0.5, 0.6) is 0 Å². The van der Waals surface area contributed by atoms with Gasteiger partial charge in [0.1, 0.15) is 24.2 Å². The number of nitrogens with zero attached hydrogens (tertiary/aromatic N) is 4. The first kappa shape index (κ1) is 7.28. The van der Waals surface area contributed by atoms with E-state index in [2.05, 4.69) is 10.1 Å². The van der Waals surface area contributed by atoms with Crippen molar-refractivity contribution in [3.05, 3.63) is 18.4 Å². The van der Waals surface area contributed by atoms with Gasteiger partial charge in [0.15, 0.2) is 5.82 Å². The second-order valence-corrected chi connectivity index (χ2v) is 1.86. The molecule has 0 aromatic carbocycles. The molecule has 0 unspecified atom stereocenters. The summed E-state index contributed by atoms with van der Waals surface area (Å²) in [5, 5.41) is 20.8. The van der Waals surface area contributed by atoms with E-state index in [1.807, 2.05) is 0 Å². The topological polar surface area (TPSA) is 74.7 Å². The lowest BCUT2D eigenvalue weighted by Crippen LogP contribution is -1.97. The molecule has 1 aromatic rings. The van der Waals surface area contributed by atoms with Gasteiger partial charge in [0.25, 0.3) is 0 Å². The molecule has 0 saturated heterocycles. The Morgan fingerprint density at radius 2 is 2.64 bits per heavy atom. The van der Waals surface area contributed by atoms with E-state index in [-0.39, 0.29) is 5.57 Å². The number of aliphatic hydroxyl groups is 1. The van der Waals surface area contributed by atoms with E-state index in [4.69, 9.17) is 10.4 Å². The fraction of sp³-hybridized carbons (Fsp3) is 0.167. The minimum atomic E-state index is 0.102. The Morgan fingerprint density at radius 3 is 3.00 bits per heavy atom. The van der Waals surface area contributed by atoms with Crippen molar-refractivity contribution in [2.45, 2.75) is 0 Å². The van der Waals surface area contributed by atoms with E-state index in [0.717, 1.165) is 0 Å². The van der Waals surface area contributed by atoms with Gasteiger partial charge in [-0.05, 0) is 0 Å². The second kappa shape index (κ2) is 2.84. The lowest BCUT2D eigenvalue weighted by molar-refractivity contribution is 0.475. The first-order chi connectivity index (χ1) is 5.29. The van der Waals surface area contributed by atoms with Gasteiger partial charge in [0.2, 0.25) is 0 Å². The quantitative estimate of drug-likeness (QED) is 0.459. The van der Waals surface area contributed by atoms with Crippen LogP contribution in [0.2, 0.25) is 0 Å². The summed E-state index contributed by atoms with van der Waals surface area (Å²) in [4.78, 5) is 3.76. The maximum absolute atomic E-state index is 8.56. The van der Waals surface area contributed by atoms with Crippen molar-refractivity contribution < 1.29 is 5.11 Å². The Morgan fingerprint density at radius 1 is 1.91 bits per heavy atom. The van der Waals surface area contributed by atoms with Gasteiger partial charge in [0.05, 0.1) is 0 Å². The Kier molecular flexibility index (Phi) is 1.88. The molecule has 0 aliphatic carbocycles. The summed E-state index contributed by atoms with van der Waals surface area (Å²) in [6, 6.07) is 1.78. The van der Waals surface area contributed by atoms with Crippen molar-refractivity contribution in [2.24, 2.45) is 7.05 Å². The van der Waals surface area contributed by atoms with Gasteiger partial charge >= 0.3 is 0 Å². The molecule has 0 fully saturated rings. The maximum atomic E-state index is 8.56. The standard InChI is InChI=1S/C6H6N4O/c1-10-6(8-4-9-10)5(2-7)3-11/h3-4,11H,1H3/b5-3+. The monoisotopic (exact) mass is 150 g/mol. The van der Waals surface area contributed by atoms with Crippen LogP contribution in [0.15, 0.2) is 12.6 Å². The van der Waals surface area contributed by atoms with E-state index in [9.17, 15) is 0 Å². The first-order valence-corrected chi connectivity index (χ1v) is 2.88. The van der Waals surface area contributed by atoms with Gasteiger partial charge in [-0.15, -0.1) is 0 Å². The predicted molar refractivity (Wildman–Crippen MR) is 37.2 cm³/mol. The highest BCUT2D eigenvalue weighted by Crippen LogP contribution is 2.06. The van der Waals surface area contributed by atoms with Gasteiger partial charge in [0, 0.05) is 7.05 Å². The average molecular weight is 150 g/mol. The smallest absolute Gasteiger partial charge is 0.171 e. The van der Waals surface area contributed by atoms with E-state index in [0.29, 0.717) is 12.1 Å². The SMILES string of the molecule is Cn1ncnc1/C(C#N)=C/O. The average Bonchev–Trinajstić information content (AvgIpc) is 2.40. The molecule has 0 radical (unpaired) electrons. The van der Waals surface area contributed by atoms with Crippen LogP contribution in [0.25, 0.3) is 5.57 Å². The van der Waals surface area contributed by atoms with Gasteiger partial charge in [-0.1, -0.05) is 0 Å². The first-order valence-electron chi connectivity index (χ1n) is 2.88. The van der Waals surface area contributed by atoms with E-state index >= 15 is 0 Å². The van der Waals surface area contributed by atoms with E-state index in [1.54, 1.807) is 13.1 Å². The normalized spacial score (nSPS) is 11.1. The van der Waals surface area contributed by atoms with Crippen LogP contribution in [-0.2, 0) is 7.05 Å². The number of nitriles is 1. The summed E-state index contributed by atoms with van der Waals surface area (Å²) in [6.07, 6.45) is 2.03. The van der Waals surface area contributed by atoms with Crippen LogP contribution < -0.4 is 0 Å². The summed E-state index contributed by atoms with van der Waals surface area (Å²) in [5.74, 6) is 0.356. The van der Waals surface area contributed by atoms with Crippen molar-refractivity contribution in [3.63, 3.8) is 0 Å². The molecule has 0 spiro atoms. The van der Waals surface area contributed by atoms with E-state index < -0.39 is 0 Å². The number of hydrogen-bond acceptors (Lipinski definition) is 4. The van der Waals surface area contributed by atoms with Crippen molar-refractivity contribution in [1.82, 2.24) is 14.8 Å². The summed E-state index contributed by atoms with van der Waals surface area (Å²) < 4.78 is 1.41. The highest BCUT2D eigenvalue weighted by atomic mass is 16.2.